The molecule has 1 heterocycles. The molecule has 0 aromatic carbocycles. The predicted molar refractivity (Wildman–Crippen MR) is 63.2 cm³/mol. The van der Waals surface area contributed by atoms with Crippen molar-refractivity contribution >= 4 is 27.3 Å². The van der Waals surface area contributed by atoms with Crippen LogP contribution < -0.4 is 5.32 Å². The minimum absolute atomic E-state index is 0.365. The van der Waals surface area contributed by atoms with Gasteiger partial charge >= 0.3 is 0 Å². The van der Waals surface area contributed by atoms with Crippen molar-refractivity contribution in [3.63, 3.8) is 0 Å². The highest BCUT2D eigenvalue weighted by atomic mass is 79.9. The molecular weight excluding hydrogens is 246 g/mol. The highest BCUT2D eigenvalue weighted by Gasteiger charge is 2.09. The molecule has 1 aromatic heterocycles. The van der Waals surface area contributed by atoms with E-state index in [1.165, 1.54) is 9.35 Å². The van der Waals surface area contributed by atoms with Crippen molar-refractivity contribution in [3.05, 3.63) is 20.8 Å². The molecule has 0 aliphatic rings. The molecule has 0 radical (unpaired) electrons. The van der Waals surface area contributed by atoms with Crippen LogP contribution in [0.1, 0.15) is 25.6 Å². The van der Waals surface area contributed by atoms with E-state index in [1.54, 1.807) is 11.3 Å². The first-order chi connectivity index (χ1) is 5.99. The van der Waals surface area contributed by atoms with Crippen molar-refractivity contribution in [2.45, 2.75) is 27.3 Å². The van der Waals surface area contributed by atoms with Crippen LogP contribution in [0, 0.1) is 5.41 Å². The van der Waals surface area contributed by atoms with Crippen LogP contribution in [0.2, 0.25) is 0 Å². The smallest absolute Gasteiger partial charge is 0.0327 e. The Labute approximate surface area is 92.7 Å². The number of hydrogen-bond acceptors (Lipinski definition) is 2. The highest BCUT2D eigenvalue weighted by molar-refractivity contribution is 9.10. The number of halogens is 1. The molecule has 1 rings (SSSR count). The van der Waals surface area contributed by atoms with Crippen molar-refractivity contribution < 1.29 is 0 Å². The van der Waals surface area contributed by atoms with E-state index in [0.29, 0.717) is 5.41 Å². The number of thiophene rings is 1. The van der Waals surface area contributed by atoms with Crippen molar-refractivity contribution in [3.8, 4) is 0 Å². The summed E-state index contributed by atoms with van der Waals surface area (Å²) in [5.74, 6) is 0. The van der Waals surface area contributed by atoms with E-state index < -0.39 is 0 Å². The summed E-state index contributed by atoms with van der Waals surface area (Å²) < 4.78 is 1.22. The molecule has 74 valence electrons. The predicted octanol–water partition coefficient (Wildman–Crippen LogP) is 3.65. The zero-order valence-electron chi connectivity index (χ0n) is 8.36. The standard InChI is InChI=1S/C10H16BrNS/c1-10(2,3)7-12-6-9-8(11)4-5-13-9/h4-5,12H,6-7H2,1-3H3. The Morgan fingerprint density at radius 3 is 2.62 bits per heavy atom. The second-order valence-electron chi connectivity index (χ2n) is 4.36. The average molecular weight is 262 g/mol. The maximum absolute atomic E-state index is 3.52. The quantitative estimate of drug-likeness (QED) is 0.876. The van der Waals surface area contributed by atoms with Gasteiger partial charge in [0, 0.05) is 22.4 Å². The zero-order valence-corrected chi connectivity index (χ0v) is 10.8. The van der Waals surface area contributed by atoms with Crippen LogP contribution in [-0.2, 0) is 6.54 Å². The van der Waals surface area contributed by atoms with Crippen LogP contribution in [0.15, 0.2) is 15.9 Å². The van der Waals surface area contributed by atoms with Gasteiger partial charge in [-0.15, -0.1) is 11.3 Å². The van der Waals surface area contributed by atoms with E-state index in [1.807, 2.05) is 0 Å². The minimum atomic E-state index is 0.365. The molecule has 0 amide bonds. The Kier molecular flexibility index (Phi) is 3.95. The first-order valence-corrected chi connectivity index (χ1v) is 6.09. The van der Waals surface area contributed by atoms with E-state index in [9.17, 15) is 0 Å². The molecule has 1 nitrogen and oxygen atoms in total. The topological polar surface area (TPSA) is 12.0 Å². The van der Waals surface area contributed by atoms with Gasteiger partial charge in [0.25, 0.3) is 0 Å². The minimum Gasteiger partial charge on any atom is -0.311 e. The Balaban J connectivity index is 2.32. The number of hydrogen-bond donors (Lipinski definition) is 1. The molecule has 0 saturated heterocycles. The van der Waals surface area contributed by atoms with Gasteiger partial charge in [0.15, 0.2) is 0 Å². The van der Waals surface area contributed by atoms with Gasteiger partial charge in [-0.05, 0) is 32.8 Å². The Morgan fingerprint density at radius 1 is 1.46 bits per heavy atom. The molecule has 1 aromatic rings. The Bertz CT molecular complexity index is 262. The normalized spacial score (nSPS) is 12.0. The fourth-order valence-corrected chi connectivity index (χ4v) is 2.46. The van der Waals surface area contributed by atoms with Crippen LogP contribution in [0.3, 0.4) is 0 Å². The SMILES string of the molecule is CC(C)(C)CNCc1sccc1Br. The van der Waals surface area contributed by atoms with Crippen molar-refractivity contribution in [1.29, 1.82) is 0 Å². The number of rotatable bonds is 3. The highest BCUT2D eigenvalue weighted by Crippen LogP contribution is 2.22. The van der Waals surface area contributed by atoms with E-state index in [-0.39, 0.29) is 0 Å². The third kappa shape index (κ3) is 4.25. The van der Waals surface area contributed by atoms with Crippen LogP contribution in [0.4, 0.5) is 0 Å². The van der Waals surface area contributed by atoms with Crippen molar-refractivity contribution in [1.82, 2.24) is 5.32 Å². The van der Waals surface area contributed by atoms with E-state index in [0.717, 1.165) is 13.1 Å². The summed E-state index contributed by atoms with van der Waals surface area (Å²) in [5, 5.41) is 5.56. The first-order valence-electron chi connectivity index (χ1n) is 4.42. The van der Waals surface area contributed by atoms with Gasteiger partial charge in [0.2, 0.25) is 0 Å². The summed E-state index contributed by atoms with van der Waals surface area (Å²) in [6.45, 7) is 8.74. The van der Waals surface area contributed by atoms with Gasteiger partial charge in [0.1, 0.15) is 0 Å². The van der Waals surface area contributed by atoms with E-state index in [2.05, 4.69) is 53.5 Å². The lowest BCUT2D eigenvalue weighted by Crippen LogP contribution is -2.26. The summed E-state index contributed by atoms with van der Waals surface area (Å²) in [6, 6.07) is 2.10. The van der Waals surface area contributed by atoms with Crippen LogP contribution in [-0.4, -0.2) is 6.54 Å². The van der Waals surface area contributed by atoms with Gasteiger partial charge in [-0.1, -0.05) is 20.8 Å². The average Bonchev–Trinajstić information content (AvgIpc) is 2.34. The summed E-state index contributed by atoms with van der Waals surface area (Å²) in [7, 11) is 0. The summed E-state index contributed by atoms with van der Waals surface area (Å²) >= 11 is 5.31. The molecule has 13 heavy (non-hydrogen) atoms. The fraction of sp³-hybridized carbons (Fsp3) is 0.600. The van der Waals surface area contributed by atoms with Crippen molar-refractivity contribution in [2.24, 2.45) is 5.41 Å². The monoisotopic (exact) mass is 261 g/mol. The second kappa shape index (κ2) is 4.58. The van der Waals surface area contributed by atoms with Crippen LogP contribution in [0.5, 0.6) is 0 Å². The van der Waals surface area contributed by atoms with E-state index >= 15 is 0 Å². The lowest BCUT2D eigenvalue weighted by Gasteiger charge is -2.18. The molecule has 0 spiro atoms. The van der Waals surface area contributed by atoms with Crippen LogP contribution >= 0.6 is 27.3 Å². The van der Waals surface area contributed by atoms with E-state index in [4.69, 9.17) is 0 Å². The molecule has 0 saturated carbocycles. The first kappa shape index (κ1) is 11.2. The Hall–Kier alpha value is 0.140. The molecule has 0 fully saturated rings. The third-order valence-corrected chi connectivity index (χ3v) is 3.56. The number of nitrogens with one attached hydrogen (secondary N) is 1. The third-order valence-electron chi connectivity index (χ3n) is 1.63. The fourth-order valence-electron chi connectivity index (χ4n) is 1.00. The molecule has 0 bridgehead atoms. The van der Waals surface area contributed by atoms with Gasteiger partial charge in [-0.2, -0.15) is 0 Å². The second-order valence-corrected chi connectivity index (χ2v) is 6.21. The molecule has 3 heteroatoms. The lowest BCUT2D eigenvalue weighted by atomic mass is 9.97. The van der Waals surface area contributed by atoms with Gasteiger partial charge < -0.3 is 5.32 Å². The zero-order chi connectivity index (χ0) is 9.90. The molecular formula is C10H16BrNS. The molecule has 0 unspecified atom stereocenters. The maximum Gasteiger partial charge on any atom is 0.0327 e. The molecule has 0 aliphatic carbocycles. The molecule has 0 aliphatic heterocycles. The summed E-state index contributed by atoms with van der Waals surface area (Å²) in [5.41, 5.74) is 0.365. The summed E-state index contributed by atoms with van der Waals surface area (Å²) in [6.07, 6.45) is 0. The van der Waals surface area contributed by atoms with Crippen LogP contribution in [0.25, 0.3) is 0 Å². The lowest BCUT2D eigenvalue weighted by molar-refractivity contribution is 0.380. The van der Waals surface area contributed by atoms with Gasteiger partial charge in [0.05, 0.1) is 0 Å². The van der Waals surface area contributed by atoms with Gasteiger partial charge in [-0.3, -0.25) is 0 Å². The molecule has 0 atom stereocenters. The van der Waals surface area contributed by atoms with Gasteiger partial charge in [-0.25, -0.2) is 0 Å². The molecule has 1 N–H and O–H groups in total. The summed E-state index contributed by atoms with van der Waals surface area (Å²) in [4.78, 5) is 1.38. The largest absolute Gasteiger partial charge is 0.311 e. The Morgan fingerprint density at radius 2 is 2.15 bits per heavy atom. The van der Waals surface area contributed by atoms with Crippen molar-refractivity contribution in [2.75, 3.05) is 6.54 Å². The maximum atomic E-state index is 3.52.